The monoisotopic (exact) mass is 253 g/mol. The molecule has 1 amide bonds. The van der Waals surface area contributed by atoms with Gasteiger partial charge in [0.2, 0.25) is 0 Å². The van der Waals surface area contributed by atoms with Gasteiger partial charge in [-0.3, -0.25) is 9.48 Å². The Morgan fingerprint density at radius 2 is 2.17 bits per heavy atom. The Labute approximate surface area is 108 Å². The molecular weight excluding hydrogens is 230 g/mol. The lowest BCUT2D eigenvalue weighted by atomic mass is 10.1. The van der Waals surface area contributed by atoms with Crippen LogP contribution in [0.1, 0.15) is 56.2 Å². The van der Waals surface area contributed by atoms with Crippen molar-refractivity contribution in [3.8, 4) is 0 Å². The first-order valence-corrected chi connectivity index (χ1v) is 6.53. The Kier molecular flexibility index (Phi) is 5.34. The number of carbonyl (C=O) groups is 1. The van der Waals surface area contributed by atoms with Gasteiger partial charge in [-0.15, -0.1) is 0 Å². The molecule has 1 aromatic rings. The molecule has 0 spiro atoms. The van der Waals surface area contributed by atoms with Crippen molar-refractivity contribution in [3.05, 3.63) is 17.5 Å². The highest BCUT2D eigenvalue weighted by atomic mass is 16.3. The van der Waals surface area contributed by atoms with Gasteiger partial charge in [0.05, 0.1) is 11.8 Å². The van der Waals surface area contributed by atoms with Crippen LogP contribution in [0.4, 0.5) is 0 Å². The second-order valence-corrected chi connectivity index (χ2v) is 4.70. The van der Waals surface area contributed by atoms with Gasteiger partial charge in [-0.1, -0.05) is 20.8 Å². The van der Waals surface area contributed by atoms with Crippen molar-refractivity contribution in [1.82, 2.24) is 15.1 Å². The third-order valence-corrected chi connectivity index (χ3v) is 2.89. The number of aliphatic hydroxyl groups is 1. The molecule has 0 bridgehead atoms. The Morgan fingerprint density at radius 1 is 1.50 bits per heavy atom. The highest BCUT2D eigenvalue weighted by molar-refractivity contribution is 5.92. The van der Waals surface area contributed by atoms with E-state index in [0.717, 1.165) is 5.69 Å². The van der Waals surface area contributed by atoms with Crippen LogP contribution in [-0.2, 0) is 6.54 Å². The molecule has 0 aliphatic carbocycles. The van der Waals surface area contributed by atoms with Crippen molar-refractivity contribution in [3.63, 3.8) is 0 Å². The van der Waals surface area contributed by atoms with Crippen molar-refractivity contribution in [1.29, 1.82) is 0 Å². The smallest absolute Gasteiger partial charge is 0.269 e. The summed E-state index contributed by atoms with van der Waals surface area (Å²) in [7, 11) is 0. The predicted molar refractivity (Wildman–Crippen MR) is 70.6 cm³/mol. The van der Waals surface area contributed by atoms with Crippen molar-refractivity contribution in [2.24, 2.45) is 0 Å². The molecule has 0 saturated carbocycles. The van der Waals surface area contributed by atoms with Crippen LogP contribution in [0.3, 0.4) is 0 Å². The lowest BCUT2D eigenvalue weighted by molar-refractivity contribution is 0.0903. The van der Waals surface area contributed by atoms with E-state index in [-0.39, 0.29) is 12.5 Å². The molecule has 0 fully saturated rings. The van der Waals surface area contributed by atoms with E-state index >= 15 is 0 Å². The number of carbonyl (C=O) groups excluding carboxylic acids is 1. The van der Waals surface area contributed by atoms with Crippen LogP contribution in [0, 0.1) is 0 Å². The molecule has 1 unspecified atom stereocenters. The summed E-state index contributed by atoms with van der Waals surface area (Å²) in [6.07, 6.45) is 0.140. The van der Waals surface area contributed by atoms with Crippen molar-refractivity contribution in [2.75, 3.05) is 6.54 Å². The molecule has 1 heterocycles. The number of aliphatic hydroxyl groups excluding tert-OH is 1. The summed E-state index contributed by atoms with van der Waals surface area (Å²) >= 11 is 0. The number of nitrogens with zero attached hydrogens (tertiary/aromatic N) is 2. The van der Waals surface area contributed by atoms with Crippen LogP contribution in [0.2, 0.25) is 0 Å². The Hall–Kier alpha value is -1.36. The average molecular weight is 253 g/mol. The first-order chi connectivity index (χ1) is 8.49. The van der Waals surface area contributed by atoms with E-state index in [4.69, 9.17) is 0 Å². The van der Waals surface area contributed by atoms with E-state index in [1.54, 1.807) is 4.68 Å². The third kappa shape index (κ3) is 3.57. The summed E-state index contributed by atoms with van der Waals surface area (Å²) in [4.78, 5) is 12.0. The Morgan fingerprint density at radius 3 is 2.67 bits per heavy atom. The van der Waals surface area contributed by atoms with Gasteiger partial charge in [-0.2, -0.15) is 5.10 Å². The number of aromatic nitrogens is 2. The maximum Gasteiger partial charge on any atom is 0.269 e. The van der Waals surface area contributed by atoms with E-state index in [1.165, 1.54) is 0 Å². The molecule has 1 aromatic heterocycles. The molecule has 0 aliphatic heterocycles. The standard InChI is InChI=1S/C13H23N3O2/c1-5-10(17)8-14-13(18)12-7-11(9(3)4)15-16(12)6-2/h7,9-10,17H,5-6,8H2,1-4H3,(H,14,18). The van der Waals surface area contributed by atoms with E-state index in [9.17, 15) is 9.90 Å². The largest absolute Gasteiger partial charge is 0.391 e. The first-order valence-electron chi connectivity index (χ1n) is 6.53. The summed E-state index contributed by atoms with van der Waals surface area (Å²) in [6, 6.07) is 1.82. The van der Waals surface area contributed by atoms with Crippen LogP contribution in [-0.4, -0.2) is 33.4 Å². The van der Waals surface area contributed by atoms with Crippen LogP contribution >= 0.6 is 0 Å². The Balaban J connectivity index is 2.78. The summed E-state index contributed by atoms with van der Waals surface area (Å²) < 4.78 is 1.70. The molecule has 5 nitrogen and oxygen atoms in total. The minimum absolute atomic E-state index is 0.177. The lowest BCUT2D eigenvalue weighted by Crippen LogP contribution is -2.33. The second kappa shape index (κ2) is 6.54. The molecule has 5 heteroatoms. The highest BCUT2D eigenvalue weighted by Gasteiger charge is 2.16. The van der Waals surface area contributed by atoms with Crippen molar-refractivity contribution < 1.29 is 9.90 Å². The minimum Gasteiger partial charge on any atom is -0.391 e. The molecule has 2 N–H and O–H groups in total. The molecule has 0 aromatic carbocycles. The van der Waals surface area contributed by atoms with E-state index in [0.29, 0.717) is 24.6 Å². The zero-order valence-electron chi connectivity index (χ0n) is 11.6. The van der Waals surface area contributed by atoms with Crippen LogP contribution in [0.15, 0.2) is 6.07 Å². The summed E-state index contributed by atoms with van der Waals surface area (Å²) in [5.74, 6) is 0.120. The molecule has 18 heavy (non-hydrogen) atoms. The predicted octanol–water partition coefficient (Wildman–Crippen LogP) is 1.53. The van der Waals surface area contributed by atoms with Gasteiger partial charge in [0.1, 0.15) is 5.69 Å². The normalized spacial score (nSPS) is 12.8. The van der Waals surface area contributed by atoms with Crippen LogP contribution < -0.4 is 5.32 Å². The Bertz CT molecular complexity index is 399. The molecule has 102 valence electrons. The van der Waals surface area contributed by atoms with Gasteiger partial charge < -0.3 is 10.4 Å². The SMILES string of the molecule is CCC(O)CNC(=O)c1cc(C(C)C)nn1CC. The van der Waals surface area contributed by atoms with Gasteiger partial charge in [-0.05, 0) is 25.3 Å². The second-order valence-electron chi connectivity index (χ2n) is 4.70. The zero-order chi connectivity index (χ0) is 13.7. The van der Waals surface area contributed by atoms with Crippen molar-refractivity contribution >= 4 is 5.91 Å². The average Bonchev–Trinajstić information content (AvgIpc) is 2.79. The molecule has 0 saturated heterocycles. The topological polar surface area (TPSA) is 67.2 Å². The number of rotatable bonds is 6. The quantitative estimate of drug-likeness (QED) is 0.808. The van der Waals surface area contributed by atoms with Gasteiger partial charge in [0, 0.05) is 13.1 Å². The van der Waals surface area contributed by atoms with Gasteiger partial charge in [-0.25, -0.2) is 0 Å². The maximum atomic E-state index is 12.0. The fourth-order valence-corrected chi connectivity index (χ4v) is 1.59. The zero-order valence-corrected chi connectivity index (χ0v) is 11.6. The number of hydrogen-bond acceptors (Lipinski definition) is 3. The van der Waals surface area contributed by atoms with Crippen LogP contribution in [0.5, 0.6) is 0 Å². The van der Waals surface area contributed by atoms with Crippen molar-refractivity contribution in [2.45, 2.75) is 52.7 Å². The molecule has 1 atom stereocenters. The number of hydrogen-bond donors (Lipinski definition) is 2. The van der Waals surface area contributed by atoms with E-state index < -0.39 is 6.10 Å². The fraction of sp³-hybridized carbons (Fsp3) is 0.692. The molecular formula is C13H23N3O2. The summed E-state index contributed by atoms with van der Waals surface area (Å²) in [5.41, 5.74) is 1.47. The highest BCUT2D eigenvalue weighted by Crippen LogP contribution is 2.14. The maximum absolute atomic E-state index is 12.0. The fourth-order valence-electron chi connectivity index (χ4n) is 1.59. The molecule has 0 aliphatic rings. The lowest BCUT2D eigenvalue weighted by Gasteiger charge is -2.09. The van der Waals surface area contributed by atoms with Crippen LogP contribution in [0.25, 0.3) is 0 Å². The van der Waals surface area contributed by atoms with Gasteiger partial charge in [0.25, 0.3) is 5.91 Å². The number of aryl methyl sites for hydroxylation is 1. The summed E-state index contributed by atoms with van der Waals surface area (Å²) in [6.45, 7) is 8.86. The summed E-state index contributed by atoms with van der Waals surface area (Å²) in [5, 5.41) is 16.6. The van der Waals surface area contributed by atoms with Gasteiger partial charge in [0.15, 0.2) is 0 Å². The van der Waals surface area contributed by atoms with E-state index in [1.807, 2.05) is 33.8 Å². The number of nitrogens with one attached hydrogen (secondary N) is 1. The number of amides is 1. The third-order valence-electron chi connectivity index (χ3n) is 2.89. The molecule has 1 rings (SSSR count). The van der Waals surface area contributed by atoms with E-state index in [2.05, 4.69) is 10.4 Å². The minimum atomic E-state index is -0.489. The first kappa shape index (κ1) is 14.7. The molecule has 0 radical (unpaired) electrons. The van der Waals surface area contributed by atoms with Gasteiger partial charge >= 0.3 is 0 Å².